The van der Waals surface area contributed by atoms with Gasteiger partial charge in [0.2, 0.25) is 0 Å². The fraction of sp³-hybridized carbons (Fsp3) is 0.333. The number of nitriles is 1. The minimum Gasteiger partial charge on any atom is -0.487 e. The van der Waals surface area contributed by atoms with E-state index in [-0.39, 0.29) is 49.0 Å². The Kier molecular flexibility index (Phi) is 8.02. The SMILES string of the molecule is CCOC(=O)CC(c1ccc(C)c(CN2C[C@@H](C)Oc3ccc(C#N)cc3S2(O)O)c1)c1ccc2c(c1)nnn2C. The molecule has 41 heavy (non-hydrogen) atoms. The Balaban J connectivity index is 1.53. The predicted molar refractivity (Wildman–Crippen MR) is 156 cm³/mol. The molecular formula is C30H33N5O5S. The topological polar surface area (TPSA) is 134 Å². The van der Waals surface area contributed by atoms with E-state index >= 15 is 0 Å². The van der Waals surface area contributed by atoms with Gasteiger partial charge >= 0.3 is 5.97 Å². The lowest BCUT2D eigenvalue weighted by atomic mass is 9.86. The zero-order chi connectivity index (χ0) is 29.3. The van der Waals surface area contributed by atoms with Crippen LogP contribution in [0.1, 0.15) is 54.0 Å². The highest BCUT2D eigenvalue weighted by Gasteiger charge is 2.34. The minimum absolute atomic E-state index is 0.135. The van der Waals surface area contributed by atoms with Gasteiger partial charge in [0.15, 0.2) is 0 Å². The van der Waals surface area contributed by atoms with Crippen molar-refractivity contribution in [3.05, 3.63) is 82.4 Å². The maximum absolute atomic E-state index is 12.7. The highest BCUT2D eigenvalue weighted by molar-refractivity contribution is 8.22. The number of hydrogen-bond acceptors (Lipinski definition) is 9. The third-order valence-corrected chi connectivity index (χ3v) is 9.26. The second-order valence-corrected chi connectivity index (χ2v) is 12.2. The van der Waals surface area contributed by atoms with Gasteiger partial charge in [-0.2, -0.15) is 9.57 Å². The van der Waals surface area contributed by atoms with Crippen LogP contribution in [0.25, 0.3) is 11.0 Å². The monoisotopic (exact) mass is 575 g/mol. The van der Waals surface area contributed by atoms with Crippen molar-refractivity contribution < 1.29 is 23.4 Å². The van der Waals surface area contributed by atoms with E-state index in [9.17, 15) is 19.2 Å². The molecule has 1 aliphatic rings. The first kappa shape index (κ1) is 28.6. The van der Waals surface area contributed by atoms with E-state index < -0.39 is 10.8 Å². The Hall–Kier alpha value is -3.95. The zero-order valence-corrected chi connectivity index (χ0v) is 24.3. The number of hydrogen-bond donors (Lipinski definition) is 2. The third kappa shape index (κ3) is 5.78. The van der Waals surface area contributed by atoms with E-state index in [2.05, 4.69) is 16.4 Å². The minimum atomic E-state index is -3.47. The van der Waals surface area contributed by atoms with Crippen LogP contribution in [0.5, 0.6) is 5.75 Å². The zero-order valence-electron chi connectivity index (χ0n) is 23.4. The first-order valence-corrected chi connectivity index (χ1v) is 14.9. The van der Waals surface area contributed by atoms with Gasteiger partial charge in [-0.1, -0.05) is 29.5 Å². The Labute approximate surface area is 240 Å². The number of ether oxygens (including phenoxy) is 2. The van der Waals surface area contributed by atoms with Crippen molar-refractivity contribution >= 4 is 27.8 Å². The normalized spacial score (nSPS) is 18.0. The number of nitrogens with zero attached hydrogens (tertiary/aromatic N) is 5. The van der Waals surface area contributed by atoms with Crippen LogP contribution >= 0.6 is 10.8 Å². The molecule has 2 atom stereocenters. The van der Waals surface area contributed by atoms with Crippen molar-refractivity contribution in [2.45, 2.75) is 50.7 Å². The number of rotatable bonds is 7. The molecule has 0 fully saturated rings. The first-order chi connectivity index (χ1) is 19.6. The Morgan fingerprint density at radius 3 is 2.71 bits per heavy atom. The Morgan fingerprint density at radius 2 is 1.95 bits per heavy atom. The van der Waals surface area contributed by atoms with Gasteiger partial charge in [-0.15, -0.1) is 15.9 Å². The second kappa shape index (κ2) is 11.5. The summed E-state index contributed by atoms with van der Waals surface area (Å²) in [5.74, 6) is -0.264. The molecule has 11 heteroatoms. The molecule has 0 amide bonds. The smallest absolute Gasteiger partial charge is 0.306 e. The Morgan fingerprint density at radius 1 is 1.20 bits per heavy atom. The van der Waals surface area contributed by atoms with E-state index in [1.807, 2.05) is 57.3 Å². The molecule has 3 aromatic carbocycles. The van der Waals surface area contributed by atoms with E-state index in [1.165, 1.54) is 6.07 Å². The fourth-order valence-electron chi connectivity index (χ4n) is 5.18. The molecule has 214 valence electrons. The van der Waals surface area contributed by atoms with Crippen molar-refractivity contribution in [1.82, 2.24) is 19.3 Å². The van der Waals surface area contributed by atoms with E-state index in [1.54, 1.807) is 28.0 Å². The molecule has 1 aliphatic heterocycles. The van der Waals surface area contributed by atoms with Crippen molar-refractivity contribution in [3.63, 3.8) is 0 Å². The fourth-order valence-corrected chi connectivity index (χ4v) is 6.87. The maximum Gasteiger partial charge on any atom is 0.306 e. The molecule has 2 heterocycles. The number of aryl methyl sites for hydroxylation is 2. The van der Waals surface area contributed by atoms with Gasteiger partial charge in [-0.05, 0) is 73.4 Å². The van der Waals surface area contributed by atoms with Crippen LogP contribution in [0, 0.1) is 18.3 Å². The van der Waals surface area contributed by atoms with E-state index in [0.29, 0.717) is 11.3 Å². The molecule has 4 aromatic rings. The molecule has 0 spiro atoms. The second-order valence-electron chi connectivity index (χ2n) is 10.3. The molecular weight excluding hydrogens is 542 g/mol. The average molecular weight is 576 g/mol. The number of aromatic nitrogens is 3. The van der Waals surface area contributed by atoms with Crippen molar-refractivity contribution in [2.24, 2.45) is 7.05 Å². The summed E-state index contributed by atoms with van der Waals surface area (Å²) in [6.07, 6.45) is -0.190. The number of fused-ring (bicyclic) bond motifs is 2. The molecule has 0 bridgehead atoms. The van der Waals surface area contributed by atoms with Crippen LogP contribution < -0.4 is 4.74 Å². The van der Waals surface area contributed by atoms with Gasteiger partial charge in [-0.3, -0.25) is 13.9 Å². The van der Waals surface area contributed by atoms with Gasteiger partial charge in [0.05, 0.1) is 36.7 Å². The molecule has 5 rings (SSSR count). The molecule has 10 nitrogen and oxygen atoms in total. The lowest BCUT2D eigenvalue weighted by Gasteiger charge is -2.42. The van der Waals surface area contributed by atoms with Crippen LogP contribution in [0.15, 0.2) is 59.5 Å². The standard InChI is InChI=1S/C30H33N5O5S/c1-5-39-30(36)15-25(23-9-10-27-26(14-23)32-33-34(27)4)22-8-6-19(2)24(13-22)18-35-17-20(3)40-28-11-7-21(16-31)12-29(28)41(35,37)38/h6-14,20,25,37-38H,5,15,17-18H2,1-4H3/t20-,25?/m1/s1. The van der Waals surface area contributed by atoms with Gasteiger partial charge in [-0.25, -0.2) is 4.68 Å². The van der Waals surface area contributed by atoms with Crippen molar-refractivity contribution in [3.8, 4) is 11.8 Å². The third-order valence-electron chi connectivity index (χ3n) is 7.35. The van der Waals surface area contributed by atoms with Gasteiger partial charge in [0.25, 0.3) is 0 Å². The largest absolute Gasteiger partial charge is 0.487 e. The van der Waals surface area contributed by atoms with Crippen LogP contribution in [0.4, 0.5) is 0 Å². The molecule has 1 unspecified atom stereocenters. The summed E-state index contributed by atoms with van der Waals surface area (Å²) in [5.41, 5.74) is 5.58. The van der Waals surface area contributed by atoms with Crippen LogP contribution in [0.2, 0.25) is 0 Å². The summed E-state index contributed by atoms with van der Waals surface area (Å²) in [7, 11) is -1.64. The summed E-state index contributed by atoms with van der Waals surface area (Å²) in [6.45, 7) is 6.40. The molecule has 0 radical (unpaired) electrons. The van der Waals surface area contributed by atoms with Gasteiger partial charge in [0, 0.05) is 19.5 Å². The summed E-state index contributed by atoms with van der Waals surface area (Å²) in [4.78, 5) is 12.9. The number of carbonyl (C=O) groups excluding carboxylic acids is 1. The quantitative estimate of drug-likeness (QED) is 0.272. The summed E-state index contributed by atoms with van der Waals surface area (Å²) >= 11 is 0. The molecule has 0 aliphatic carbocycles. The molecule has 0 saturated heterocycles. The summed E-state index contributed by atoms with van der Waals surface area (Å²) in [6, 6.07) is 18.6. The maximum atomic E-state index is 12.7. The lowest BCUT2D eigenvalue weighted by molar-refractivity contribution is -0.143. The van der Waals surface area contributed by atoms with Crippen molar-refractivity contribution in [2.75, 3.05) is 13.2 Å². The Bertz CT molecular complexity index is 1650. The van der Waals surface area contributed by atoms with E-state index in [0.717, 1.165) is 33.3 Å². The first-order valence-electron chi connectivity index (χ1n) is 13.4. The summed E-state index contributed by atoms with van der Waals surface area (Å²) < 4.78 is 37.6. The number of esters is 1. The lowest BCUT2D eigenvalue weighted by Crippen LogP contribution is -2.33. The number of benzene rings is 3. The van der Waals surface area contributed by atoms with Crippen molar-refractivity contribution in [1.29, 1.82) is 5.26 Å². The van der Waals surface area contributed by atoms with E-state index in [4.69, 9.17) is 9.47 Å². The highest BCUT2D eigenvalue weighted by Crippen LogP contribution is 2.57. The summed E-state index contributed by atoms with van der Waals surface area (Å²) in [5, 5.41) is 17.7. The van der Waals surface area contributed by atoms with Crippen LogP contribution in [-0.4, -0.2) is 53.6 Å². The highest BCUT2D eigenvalue weighted by atomic mass is 32.3. The molecule has 2 N–H and O–H groups in total. The molecule has 0 saturated carbocycles. The number of carbonyl (C=O) groups is 1. The van der Waals surface area contributed by atoms with Crippen LogP contribution in [0.3, 0.4) is 0 Å². The average Bonchev–Trinajstić information content (AvgIpc) is 3.28. The van der Waals surface area contributed by atoms with Gasteiger partial charge in [0.1, 0.15) is 22.3 Å². The van der Waals surface area contributed by atoms with Gasteiger partial charge < -0.3 is 9.47 Å². The predicted octanol–water partition coefficient (Wildman–Crippen LogP) is 5.54. The van der Waals surface area contributed by atoms with Crippen LogP contribution in [-0.2, 0) is 23.1 Å². The molecule has 1 aromatic heterocycles.